The van der Waals surface area contributed by atoms with E-state index in [1.165, 1.54) is 11.1 Å². The molecule has 0 unspecified atom stereocenters. The van der Waals surface area contributed by atoms with Crippen molar-refractivity contribution in [3.8, 4) is 0 Å². The van der Waals surface area contributed by atoms with Gasteiger partial charge in [-0.15, -0.1) is 0 Å². The standard InChI is InChI=1S/C18H21N3S/c1-2-4-16(5-3-1)14-19-11-10-15-6-8-17(9-7-15)21-18-20-12-13-22-18/h1-9,19H,10-14H2,(H,20,21). The zero-order valence-corrected chi connectivity index (χ0v) is 13.4. The van der Waals surface area contributed by atoms with Gasteiger partial charge in [0.1, 0.15) is 0 Å². The van der Waals surface area contributed by atoms with Crippen molar-refractivity contribution in [1.29, 1.82) is 0 Å². The van der Waals surface area contributed by atoms with Crippen molar-refractivity contribution in [3.63, 3.8) is 0 Å². The first kappa shape index (κ1) is 15.1. The average molecular weight is 311 g/mol. The third kappa shape index (κ3) is 4.61. The number of benzene rings is 2. The van der Waals surface area contributed by atoms with Crippen molar-refractivity contribution in [1.82, 2.24) is 5.32 Å². The Morgan fingerprint density at radius 1 is 0.955 bits per heavy atom. The molecule has 0 atom stereocenters. The summed E-state index contributed by atoms with van der Waals surface area (Å²) >= 11 is 1.79. The van der Waals surface area contributed by atoms with Crippen LogP contribution in [0.25, 0.3) is 0 Å². The highest BCUT2D eigenvalue weighted by Gasteiger charge is 2.06. The second-order valence-corrected chi connectivity index (χ2v) is 6.35. The summed E-state index contributed by atoms with van der Waals surface area (Å²) in [7, 11) is 0. The molecule has 0 aliphatic carbocycles. The Bertz CT molecular complexity index is 608. The Kier molecular flexibility index (Phi) is 5.51. The average Bonchev–Trinajstić information content (AvgIpc) is 3.07. The van der Waals surface area contributed by atoms with Gasteiger partial charge >= 0.3 is 0 Å². The molecule has 1 aliphatic heterocycles. The van der Waals surface area contributed by atoms with E-state index in [4.69, 9.17) is 0 Å². The van der Waals surface area contributed by atoms with Crippen LogP contribution in [-0.4, -0.2) is 24.0 Å². The van der Waals surface area contributed by atoms with Gasteiger partial charge < -0.3 is 10.6 Å². The molecule has 1 heterocycles. The lowest BCUT2D eigenvalue weighted by atomic mass is 10.1. The monoisotopic (exact) mass is 311 g/mol. The first-order valence-corrected chi connectivity index (χ1v) is 8.66. The van der Waals surface area contributed by atoms with E-state index in [9.17, 15) is 0 Å². The Morgan fingerprint density at radius 2 is 1.77 bits per heavy atom. The zero-order chi connectivity index (χ0) is 15.0. The normalized spacial score (nSPS) is 13.9. The van der Waals surface area contributed by atoms with Crippen molar-refractivity contribution in [2.75, 3.05) is 24.2 Å². The molecule has 2 N–H and O–H groups in total. The molecule has 0 bridgehead atoms. The van der Waals surface area contributed by atoms with E-state index in [0.29, 0.717) is 0 Å². The highest BCUT2D eigenvalue weighted by atomic mass is 32.2. The Balaban J connectivity index is 1.41. The van der Waals surface area contributed by atoms with Gasteiger partial charge in [-0.3, -0.25) is 4.99 Å². The summed E-state index contributed by atoms with van der Waals surface area (Å²) in [6.07, 6.45) is 1.04. The lowest BCUT2D eigenvalue weighted by Gasteiger charge is -2.08. The van der Waals surface area contributed by atoms with Crippen molar-refractivity contribution in [3.05, 3.63) is 65.7 Å². The van der Waals surface area contributed by atoms with Crippen molar-refractivity contribution >= 4 is 22.6 Å². The van der Waals surface area contributed by atoms with Gasteiger partial charge in [0.15, 0.2) is 5.17 Å². The fourth-order valence-corrected chi connectivity index (χ4v) is 3.10. The number of anilines is 1. The molecule has 114 valence electrons. The number of hydrogen-bond acceptors (Lipinski definition) is 4. The summed E-state index contributed by atoms with van der Waals surface area (Å²) in [6.45, 7) is 2.85. The summed E-state index contributed by atoms with van der Waals surface area (Å²) in [6, 6.07) is 19.1. The molecule has 22 heavy (non-hydrogen) atoms. The molecule has 3 nitrogen and oxygen atoms in total. The first-order valence-electron chi connectivity index (χ1n) is 7.68. The number of thioether (sulfide) groups is 1. The maximum atomic E-state index is 4.40. The molecular weight excluding hydrogens is 290 g/mol. The van der Waals surface area contributed by atoms with Crippen LogP contribution >= 0.6 is 11.8 Å². The summed E-state index contributed by atoms with van der Waals surface area (Å²) in [5.41, 5.74) is 3.80. The van der Waals surface area contributed by atoms with Crippen LogP contribution < -0.4 is 10.6 Å². The molecule has 3 rings (SSSR count). The minimum atomic E-state index is 0.928. The van der Waals surface area contributed by atoms with Crippen LogP contribution in [0, 0.1) is 0 Å². The minimum Gasteiger partial charge on any atom is -0.335 e. The van der Waals surface area contributed by atoms with E-state index in [2.05, 4.69) is 70.2 Å². The van der Waals surface area contributed by atoms with E-state index in [0.717, 1.165) is 42.7 Å². The maximum Gasteiger partial charge on any atom is 0.161 e. The van der Waals surface area contributed by atoms with Crippen LogP contribution in [0.1, 0.15) is 11.1 Å². The molecule has 2 aromatic carbocycles. The fraction of sp³-hybridized carbons (Fsp3) is 0.278. The maximum absolute atomic E-state index is 4.40. The van der Waals surface area contributed by atoms with Crippen molar-refractivity contribution in [2.24, 2.45) is 4.99 Å². The van der Waals surface area contributed by atoms with Gasteiger partial charge in [0.25, 0.3) is 0 Å². The third-order valence-corrected chi connectivity index (χ3v) is 4.44. The summed E-state index contributed by atoms with van der Waals surface area (Å²) < 4.78 is 0. The van der Waals surface area contributed by atoms with Crippen LogP contribution in [0.5, 0.6) is 0 Å². The summed E-state index contributed by atoms with van der Waals surface area (Å²) in [4.78, 5) is 4.40. The predicted molar refractivity (Wildman–Crippen MR) is 96.7 cm³/mol. The molecule has 0 aromatic heterocycles. The molecule has 0 spiro atoms. The van der Waals surface area contributed by atoms with Crippen LogP contribution in [0.4, 0.5) is 5.69 Å². The van der Waals surface area contributed by atoms with E-state index in [-0.39, 0.29) is 0 Å². The second kappa shape index (κ2) is 8.01. The molecule has 4 heteroatoms. The number of rotatable bonds is 6. The SMILES string of the molecule is c1ccc(CNCCc2ccc(NC3=NCCS3)cc2)cc1. The Hall–Kier alpha value is -1.78. The summed E-state index contributed by atoms with van der Waals surface area (Å²) in [5.74, 6) is 1.09. The first-order chi connectivity index (χ1) is 10.9. The van der Waals surface area contributed by atoms with E-state index in [1.54, 1.807) is 11.8 Å². The number of nitrogens with zero attached hydrogens (tertiary/aromatic N) is 1. The predicted octanol–water partition coefficient (Wildman–Crippen LogP) is 3.53. The molecule has 0 saturated carbocycles. The Labute approximate surface area is 136 Å². The molecule has 0 fully saturated rings. The number of hydrogen-bond donors (Lipinski definition) is 2. The number of amidine groups is 1. The van der Waals surface area contributed by atoms with Gasteiger partial charge in [-0.25, -0.2) is 0 Å². The third-order valence-electron chi connectivity index (χ3n) is 3.55. The highest BCUT2D eigenvalue weighted by Crippen LogP contribution is 2.16. The van der Waals surface area contributed by atoms with Gasteiger partial charge in [0.2, 0.25) is 0 Å². The minimum absolute atomic E-state index is 0.928. The van der Waals surface area contributed by atoms with E-state index in [1.807, 2.05) is 0 Å². The molecule has 0 amide bonds. The number of aliphatic imine (C=N–C) groups is 1. The van der Waals surface area contributed by atoms with Crippen LogP contribution in [0.3, 0.4) is 0 Å². The van der Waals surface area contributed by atoms with E-state index >= 15 is 0 Å². The topological polar surface area (TPSA) is 36.4 Å². The van der Waals surface area contributed by atoms with Gasteiger partial charge in [0.05, 0.1) is 6.54 Å². The smallest absolute Gasteiger partial charge is 0.161 e. The highest BCUT2D eigenvalue weighted by molar-refractivity contribution is 8.14. The quantitative estimate of drug-likeness (QED) is 0.801. The van der Waals surface area contributed by atoms with Gasteiger partial charge in [-0.2, -0.15) is 0 Å². The van der Waals surface area contributed by atoms with Crippen molar-refractivity contribution in [2.45, 2.75) is 13.0 Å². The van der Waals surface area contributed by atoms with Gasteiger partial charge in [-0.05, 0) is 36.2 Å². The molecular formula is C18H21N3S. The summed E-state index contributed by atoms with van der Waals surface area (Å²) in [5, 5.41) is 7.88. The fourth-order valence-electron chi connectivity index (χ4n) is 2.35. The Morgan fingerprint density at radius 3 is 2.50 bits per heavy atom. The lowest BCUT2D eigenvalue weighted by molar-refractivity contribution is 0.687. The molecule has 2 aromatic rings. The van der Waals surface area contributed by atoms with Crippen molar-refractivity contribution < 1.29 is 0 Å². The van der Waals surface area contributed by atoms with Crippen LogP contribution in [0.15, 0.2) is 59.6 Å². The molecule has 1 aliphatic rings. The second-order valence-electron chi connectivity index (χ2n) is 5.27. The van der Waals surface area contributed by atoms with E-state index < -0.39 is 0 Å². The molecule has 0 radical (unpaired) electrons. The van der Waals surface area contributed by atoms with Gasteiger partial charge in [0, 0.05) is 18.0 Å². The number of nitrogens with one attached hydrogen (secondary N) is 2. The lowest BCUT2D eigenvalue weighted by Crippen LogP contribution is -2.16. The van der Waals surface area contributed by atoms with Gasteiger partial charge in [-0.1, -0.05) is 54.2 Å². The largest absolute Gasteiger partial charge is 0.335 e. The molecule has 0 saturated heterocycles. The van der Waals surface area contributed by atoms with Crippen LogP contribution in [0.2, 0.25) is 0 Å². The van der Waals surface area contributed by atoms with Crippen LogP contribution in [-0.2, 0) is 13.0 Å². The zero-order valence-electron chi connectivity index (χ0n) is 12.6.